The van der Waals surface area contributed by atoms with Crippen LogP contribution >= 0.6 is 23.2 Å². The fourth-order valence-electron chi connectivity index (χ4n) is 2.58. The number of benzene rings is 2. The van der Waals surface area contributed by atoms with Crippen LogP contribution in [-0.4, -0.2) is 9.97 Å². The van der Waals surface area contributed by atoms with E-state index in [0.29, 0.717) is 23.0 Å². The van der Waals surface area contributed by atoms with Crippen molar-refractivity contribution in [3.63, 3.8) is 0 Å². The van der Waals surface area contributed by atoms with Crippen molar-refractivity contribution in [2.75, 3.05) is 0 Å². The van der Waals surface area contributed by atoms with E-state index in [0.717, 1.165) is 28.1 Å². The van der Waals surface area contributed by atoms with E-state index in [4.69, 9.17) is 28.9 Å². The molecule has 0 unspecified atom stereocenters. The summed E-state index contributed by atoms with van der Waals surface area (Å²) >= 11 is 12.3. The van der Waals surface area contributed by atoms with Crippen LogP contribution in [0.5, 0.6) is 0 Å². The molecule has 0 saturated heterocycles. The molecule has 0 aliphatic heterocycles. The lowest BCUT2D eigenvalue weighted by Gasteiger charge is -2.14. The molecule has 0 bridgehead atoms. The molecule has 3 aromatic rings. The average molecular weight is 332 g/mol. The molecule has 112 valence electrons. The summed E-state index contributed by atoms with van der Waals surface area (Å²) in [5, 5.41) is 1.24. The van der Waals surface area contributed by atoms with Crippen LogP contribution in [0, 0.1) is 0 Å². The number of aromatic nitrogens is 2. The zero-order valence-electron chi connectivity index (χ0n) is 11.8. The van der Waals surface area contributed by atoms with E-state index in [1.807, 2.05) is 30.5 Å². The molecule has 22 heavy (non-hydrogen) atoms. The fraction of sp³-hybridized carbons (Fsp3) is 0.118. The number of hydrogen-bond donors (Lipinski definition) is 2. The maximum Gasteiger partial charge on any atom is 0.110 e. The van der Waals surface area contributed by atoms with E-state index in [9.17, 15) is 0 Å². The molecule has 0 aliphatic rings. The van der Waals surface area contributed by atoms with Gasteiger partial charge in [-0.05, 0) is 28.8 Å². The number of rotatable bonds is 4. The van der Waals surface area contributed by atoms with E-state index < -0.39 is 0 Å². The van der Waals surface area contributed by atoms with Crippen molar-refractivity contribution in [3.8, 4) is 11.1 Å². The van der Waals surface area contributed by atoms with E-state index in [2.05, 4.69) is 16.0 Å². The van der Waals surface area contributed by atoms with Crippen LogP contribution in [0.3, 0.4) is 0 Å². The van der Waals surface area contributed by atoms with Gasteiger partial charge in [-0.2, -0.15) is 0 Å². The average Bonchev–Trinajstić information content (AvgIpc) is 3.00. The first kappa shape index (κ1) is 15.1. The van der Waals surface area contributed by atoms with E-state index in [-0.39, 0.29) is 0 Å². The van der Waals surface area contributed by atoms with Gasteiger partial charge in [0.1, 0.15) is 5.82 Å². The quantitative estimate of drug-likeness (QED) is 0.742. The monoisotopic (exact) mass is 331 g/mol. The van der Waals surface area contributed by atoms with Gasteiger partial charge in [-0.1, -0.05) is 47.5 Å². The molecule has 0 spiro atoms. The van der Waals surface area contributed by atoms with Crippen molar-refractivity contribution in [1.82, 2.24) is 9.97 Å². The van der Waals surface area contributed by atoms with E-state index >= 15 is 0 Å². The summed E-state index contributed by atoms with van der Waals surface area (Å²) in [6, 6.07) is 11.6. The first-order chi connectivity index (χ1) is 10.7. The molecule has 0 aliphatic carbocycles. The molecule has 3 N–H and O–H groups in total. The number of imidazole rings is 1. The summed E-state index contributed by atoms with van der Waals surface area (Å²) in [6.45, 7) is 0.436. The van der Waals surface area contributed by atoms with Crippen molar-refractivity contribution in [3.05, 3.63) is 75.8 Å². The van der Waals surface area contributed by atoms with Gasteiger partial charge in [-0.15, -0.1) is 0 Å². The molecule has 1 aromatic heterocycles. The minimum absolute atomic E-state index is 0.436. The van der Waals surface area contributed by atoms with Crippen LogP contribution in [-0.2, 0) is 13.0 Å². The summed E-state index contributed by atoms with van der Waals surface area (Å²) in [5.41, 5.74) is 10.2. The van der Waals surface area contributed by atoms with Gasteiger partial charge < -0.3 is 10.7 Å². The van der Waals surface area contributed by atoms with Crippen LogP contribution in [0.15, 0.2) is 48.8 Å². The number of halogens is 2. The lowest BCUT2D eigenvalue weighted by molar-refractivity contribution is 0.974. The molecular formula is C17H15Cl2N3. The Bertz CT molecular complexity index is 783. The third-order valence-corrected chi connectivity index (χ3v) is 4.16. The largest absolute Gasteiger partial charge is 0.348 e. The number of nitrogens with zero attached hydrogens (tertiary/aromatic N) is 1. The summed E-state index contributed by atoms with van der Waals surface area (Å²) in [5.74, 6) is 0.911. The van der Waals surface area contributed by atoms with Gasteiger partial charge in [0.25, 0.3) is 0 Å². The van der Waals surface area contributed by atoms with Gasteiger partial charge in [0.05, 0.1) is 0 Å². The Morgan fingerprint density at radius 3 is 2.64 bits per heavy atom. The zero-order chi connectivity index (χ0) is 15.5. The maximum atomic E-state index is 6.34. The second kappa shape index (κ2) is 6.53. The van der Waals surface area contributed by atoms with Crippen LogP contribution in [0.1, 0.15) is 17.0 Å². The first-order valence-electron chi connectivity index (χ1n) is 6.93. The van der Waals surface area contributed by atoms with E-state index in [1.165, 1.54) is 0 Å². The Hall–Kier alpha value is -1.81. The Kier molecular flexibility index (Phi) is 4.48. The smallest absolute Gasteiger partial charge is 0.110 e. The highest BCUT2D eigenvalue weighted by Gasteiger charge is 2.13. The third-order valence-electron chi connectivity index (χ3n) is 3.61. The summed E-state index contributed by atoms with van der Waals surface area (Å²) in [7, 11) is 0. The van der Waals surface area contributed by atoms with Crippen LogP contribution in [0.4, 0.5) is 0 Å². The SMILES string of the molecule is NCc1c(Cc2ncc[nH]2)cccc1-c1ccc(Cl)cc1Cl. The predicted octanol–water partition coefficient (Wildman–Crippen LogP) is 4.43. The molecule has 0 saturated carbocycles. The zero-order valence-corrected chi connectivity index (χ0v) is 13.3. The van der Waals surface area contributed by atoms with Crippen LogP contribution in [0.2, 0.25) is 10.0 Å². The van der Waals surface area contributed by atoms with Crippen LogP contribution in [0.25, 0.3) is 11.1 Å². The van der Waals surface area contributed by atoms with E-state index in [1.54, 1.807) is 12.3 Å². The molecule has 0 fully saturated rings. The Morgan fingerprint density at radius 1 is 1.09 bits per heavy atom. The minimum Gasteiger partial charge on any atom is -0.348 e. The molecule has 0 radical (unpaired) electrons. The number of nitrogens with two attached hydrogens (primary N) is 1. The van der Waals surface area contributed by atoms with Gasteiger partial charge >= 0.3 is 0 Å². The topological polar surface area (TPSA) is 54.7 Å². The first-order valence-corrected chi connectivity index (χ1v) is 7.69. The highest BCUT2D eigenvalue weighted by atomic mass is 35.5. The second-order valence-electron chi connectivity index (χ2n) is 4.98. The lowest BCUT2D eigenvalue weighted by atomic mass is 9.94. The molecule has 1 heterocycles. The highest BCUT2D eigenvalue weighted by molar-refractivity contribution is 6.36. The molecular weight excluding hydrogens is 317 g/mol. The summed E-state index contributed by atoms with van der Waals surface area (Å²) < 4.78 is 0. The third kappa shape index (κ3) is 3.02. The normalized spacial score (nSPS) is 10.9. The van der Waals surface area contributed by atoms with Crippen molar-refractivity contribution in [2.45, 2.75) is 13.0 Å². The molecule has 3 nitrogen and oxygen atoms in total. The molecule has 3 rings (SSSR count). The fourth-order valence-corrected chi connectivity index (χ4v) is 3.09. The van der Waals surface area contributed by atoms with Crippen molar-refractivity contribution in [2.24, 2.45) is 5.73 Å². The Morgan fingerprint density at radius 2 is 1.95 bits per heavy atom. The molecule has 0 atom stereocenters. The van der Waals surface area contributed by atoms with Gasteiger partial charge in [-0.25, -0.2) is 4.98 Å². The van der Waals surface area contributed by atoms with Crippen LogP contribution < -0.4 is 5.73 Å². The highest BCUT2D eigenvalue weighted by Crippen LogP contribution is 2.34. The number of aromatic amines is 1. The number of H-pyrrole nitrogens is 1. The predicted molar refractivity (Wildman–Crippen MR) is 91.2 cm³/mol. The Labute approximate surface area is 139 Å². The van der Waals surface area contributed by atoms with Gasteiger partial charge in [0.15, 0.2) is 0 Å². The second-order valence-corrected chi connectivity index (χ2v) is 5.83. The maximum absolute atomic E-state index is 6.34. The minimum atomic E-state index is 0.436. The lowest BCUT2D eigenvalue weighted by Crippen LogP contribution is -2.05. The van der Waals surface area contributed by atoms with Gasteiger partial charge in [0, 0.05) is 41.0 Å². The van der Waals surface area contributed by atoms with Crippen molar-refractivity contribution >= 4 is 23.2 Å². The molecule has 0 amide bonds. The molecule has 5 heteroatoms. The summed E-state index contributed by atoms with van der Waals surface area (Å²) in [6.07, 6.45) is 4.27. The van der Waals surface area contributed by atoms with Crippen molar-refractivity contribution < 1.29 is 0 Å². The van der Waals surface area contributed by atoms with Gasteiger partial charge in [-0.3, -0.25) is 0 Å². The summed E-state index contributed by atoms with van der Waals surface area (Å²) in [4.78, 5) is 7.40. The Balaban J connectivity index is 2.08. The number of hydrogen-bond acceptors (Lipinski definition) is 2. The number of nitrogens with one attached hydrogen (secondary N) is 1. The molecule has 2 aromatic carbocycles. The van der Waals surface area contributed by atoms with Crippen molar-refractivity contribution in [1.29, 1.82) is 0 Å². The van der Waals surface area contributed by atoms with Gasteiger partial charge in [0.2, 0.25) is 0 Å². The standard InChI is InChI=1S/C17H15Cl2N3/c18-12-4-5-14(16(19)9-12)13-3-1-2-11(15(13)10-20)8-17-21-6-7-22-17/h1-7,9H,8,10,20H2,(H,21,22).